The van der Waals surface area contributed by atoms with E-state index in [0.717, 1.165) is 24.6 Å². The van der Waals surface area contributed by atoms with Gasteiger partial charge in [0.05, 0.1) is 6.54 Å². The van der Waals surface area contributed by atoms with Gasteiger partial charge in [-0.3, -0.25) is 0 Å². The van der Waals surface area contributed by atoms with Crippen molar-refractivity contribution >= 4 is 5.82 Å². The molecule has 2 N–H and O–H groups in total. The lowest BCUT2D eigenvalue weighted by atomic mass is 10.3. The van der Waals surface area contributed by atoms with Gasteiger partial charge in [-0.05, 0) is 6.42 Å². The zero-order chi connectivity index (χ0) is 8.55. The molecule has 0 bridgehead atoms. The summed E-state index contributed by atoms with van der Waals surface area (Å²) in [7, 11) is 2.04. The first kappa shape index (κ1) is 7.49. The summed E-state index contributed by atoms with van der Waals surface area (Å²) in [4.78, 5) is 10.6. The van der Waals surface area contributed by atoms with Crippen LogP contribution in [0.4, 0.5) is 5.82 Å². The lowest BCUT2D eigenvalue weighted by Gasteiger charge is -2.10. The average molecular weight is 164 g/mol. The monoisotopic (exact) mass is 164 g/mol. The Morgan fingerprint density at radius 2 is 2.50 bits per heavy atom. The standard InChI is InChI=1S/C8H12N4/c1-12-3-2-6-5-10-7(4-9)11-8(6)12/h5H,2-4,9H2,1H3. The largest absolute Gasteiger partial charge is 0.359 e. The van der Waals surface area contributed by atoms with Crippen LogP contribution in [0.3, 0.4) is 0 Å². The highest BCUT2D eigenvalue weighted by Crippen LogP contribution is 2.22. The molecule has 1 aliphatic heterocycles. The van der Waals surface area contributed by atoms with Gasteiger partial charge in [0.2, 0.25) is 0 Å². The van der Waals surface area contributed by atoms with Gasteiger partial charge in [0.15, 0.2) is 0 Å². The molecule has 0 atom stereocenters. The van der Waals surface area contributed by atoms with Crippen LogP contribution in [-0.4, -0.2) is 23.6 Å². The smallest absolute Gasteiger partial charge is 0.144 e. The maximum Gasteiger partial charge on any atom is 0.144 e. The zero-order valence-electron chi connectivity index (χ0n) is 7.12. The summed E-state index contributed by atoms with van der Waals surface area (Å²) < 4.78 is 0. The van der Waals surface area contributed by atoms with Crippen molar-refractivity contribution in [2.45, 2.75) is 13.0 Å². The molecule has 0 aromatic carbocycles. The molecule has 0 radical (unpaired) electrons. The van der Waals surface area contributed by atoms with Crippen molar-refractivity contribution in [2.24, 2.45) is 5.73 Å². The highest BCUT2D eigenvalue weighted by atomic mass is 15.2. The Hall–Kier alpha value is -1.16. The summed E-state index contributed by atoms with van der Waals surface area (Å²) in [5, 5.41) is 0. The SMILES string of the molecule is CN1CCc2cnc(CN)nc21. The van der Waals surface area contributed by atoms with E-state index < -0.39 is 0 Å². The normalized spacial score (nSPS) is 15.0. The first-order chi connectivity index (χ1) is 5.81. The Kier molecular flexibility index (Phi) is 1.69. The Morgan fingerprint density at radius 3 is 3.25 bits per heavy atom. The first-order valence-corrected chi connectivity index (χ1v) is 4.07. The molecule has 12 heavy (non-hydrogen) atoms. The predicted molar refractivity (Wildman–Crippen MR) is 46.9 cm³/mol. The molecule has 1 aromatic rings. The third-order valence-corrected chi connectivity index (χ3v) is 2.15. The number of hydrogen-bond donors (Lipinski definition) is 1. The third-order valence-electron chi connectivity index (χ3n) is 2.15. The minimum atomic E-state index is 0.418. The molecule has 0 saturated carbocycles. The fourth-order valence-electron chi connectivity index (χ4n) is 1.43. The van der Waals surface area contributed by atoms with E-state index in [0.29, 0.717) is 6.54 Å². The molecule has 4 nitrogen and oxygen atoms in total. The molecule has 2 heterocycles. The Balaban J connectivity index is 2.43. The number of rotatable bonds is 1. The van der Waals surface area contributed by atoms with Crippen LogP contribution >= 0.6 is 0 Å². The zero-order valence-corrected chi connectivity index (χ0v) is 7.12. The van der Waals surface area contributed by atoms with Crippen molar-refractivity contribution in [1.29, 1.82) is 0 Å². The number of likely N-dealkylation sites (N-methyl/N-ethyl adjacent to an activating group) is 1. The Morgan fingerprint density at radius 1 is 1.67 bits per heavy atom. The van der Waals surface area contributed by atoms with Crippen molar-refractivity contribution < 1.29 is 0 Å². The number of fused-ring (bicyclic) bond motifs is 1. The summed E-state index contributed by atoms with van der Waals surface area (Å²) in [5.41, 5.74) is 6.68. The minimum Gasteiger partial charge on any atom is -0.359 e. The van der Waals surface area contributed by atoms with Gasteiger partial charge >= 0.3 is 0 Å². The lowest BCUT2D eigenvalue weighted by Crippen LogP contribution is -2.15. The van der Waals surface area contributed by atoms with Crippen molar-refractivity contribution in [3.8, 4) is 0 Å². The first-order valence-electron chi connectivity index (χ1n) is 4.07. The second kappa shape index (κ2) is 2.71. The van der Waals surface area contributed by atoms with E-state index in [2.05, 4.69) is 14.9 Å². The van der Waals surface area contributed by atoms with Crippen molar-refractivity contribution in [3.63, 3.8) is 0 Å². The summed E-state index contributed by atoms with van der Waals surface area (Å²) in [6.45, 7) is 1.46. The number of aromatic nitrogens is 2. The van der Waals surface area contributed by atoms with E-state index in [1.807, 2.05) is 13.2 Å². The molecule has 1 aromatic heterocycles. The maximum atomic E-state index is 5.45. The molecule has 4 heteroatoms. The number of hydrogen-bond acceptors (Lipinski definition) is 4. The second-order valence-electron chi connectivity index (χ2n) is 3.01. The third kappa shape index (κ3) is 1.04. The number of anilines is 1. The molecule has 2 rings (SSSR count). The fraction of sp³-hybridized carbons (Fsp3) is 0.500. The molecule has 0 spiro atoms. The average Bonchev–Trinajstić information content (AvgIpc) is 2.47. The molecule has 0 fully saturated rings. The molecule has 0 saturated heterocycles. The van der Waals surface area contributed by atoms with Crippen LogP contribution in [0.1, 0.15) is 11.4 Å². The maximum absolute atomic E-state index is 5.45. The molecule has 0 amide bonds. The van der Waals surface area contributed by atoms with Crippen LogP contribution in [0.25, 0.3) is 0 Å². The van der Waals surface area contributed by atoms with E-state index in [1.165, 1.54) is 5.56 Å². The van der Waals surface area contributed by atoms with Gasteiger partial charge < -0.3 is 10.6 Å². The summed E-state index contributed by atoms with van der Waals surface area (Å²) in [5.74, 6) is 1.77. The molecule has 0 aliphatic carbocycles. The molecule has 1 aliphatic rings. The van der Waals surface area contributed by atoms with Crippen molar-refractivity contribution in [1.82, 2.24) is 9.97 Å². The van der Waals surface area contributed by atoms with Crippen LogP contribution in [0, 0.1) is 0 Å². The molecule has 64 valence electrons. The van der Waals surface area contributed by atoms with E-state index in [9.17, 15) is 0 Å². The van der Waals surface area contributed by atoms with Crippen LogP contribution in [-0.2, 0) is 13.0 Å². The van der Waals surface area contributed by atoms with E-state index in [4.69, 9.17) is 5.73 Å². The topological polar surface area (TPSA) is 55.0 Å². The van der Waals surface area contributed by atoms with Gasteiger partial charge in [-0.2, -0.15) is 0 Å². The highest BCUT2D eigenvalue weighted by molar-refractivity contribution is 5.50. The lowest BCUT2D eigenvalue weighted by molar-refractivity contribution is 0.893. The van der Waals surface area contributed by atoms with Crippen LogP contribution in [0.5, 0.6) is 0 Å². The number of nitrogens with two attached hydrogens (primary N) is 1. The quantitative estimate of drug-likeness (QED) is 0.631. The van der Waals surface area contributed by atoms with Gasteiger partial charge in [0, 0.05) is 25.4 Å². The Bertz CT molecular complexity index is 297. The van der Waals surface area contributed by atoms with E-state index in [-0.39, 0.29) is 0 Å². The van der Waals surface area contributed by atoms with Gasteiger partial charge in [0.25, 0.3) is 0 Å². The van der Waals surface area contributed by atoms with Gasteiger partial charge in [-0.25, -0.2) is 9.97 Å². The predicted octanol–water partition coefficient (Wildman–Crippen LogP) is -0.0724. The van der Waals surface area contributed by atoms with E-state index >= 15 is 0 Å². The fourth-order valence-corrected chi connectivity index (χ4v) is 1.43. The molecular formula is C8H12N4. The Labute approximate surface area is 71.4 Å². The van der Waals surface area contributed by atoms with Crippen molar-refractivity contribution in [2.75, 3.05) is 18.5 Å². The van der Waals surface area contributed by atoms with Gasteiger partial charge in [-0.15, -0.1) is 0 Å². The van der Waals surface area contributed by atoms with Gasteiger partial charge in [0.1, 0.15) is 11.6 Å². The van der Waals surface area contributed by atoms with Gasteiger partial charge in [-0.1, -0.05) is 0 Å². The molecule has 0 unspecified atom stereocenters. The van der Waals surface area contributed by atoms with Crippen LogP contribution < -0.4 is 10.6 Å². The number of nitrogens with zero attached hydrogens (tertiary/aromatic N) is 3. The van der Waals surface area contributed by atoms with E-state index in [1.54, 1.807) is 0 Å². The van der Waals surface area contributed by atoms with Crippen LogP contribution in [0.2, 0.25) is 0 Å². The second-order valence-corrected chi connectivity index (χ2v) is 3.01. The summed E-state index contributed by atoms with van der Waals surface area (Å²) in [6, 6.07) is 0. The summed E-state index contributed by atoms with van der Waals surface area (Å²) >= 11 is 0. The molecular weight excluding hydrogens is 152 g/mol. The van der Waals surface area contributed by atoms with Crippen molar-refractivity contribution in [3.05, 3.63) is 17.6 Å². The van der Waals surface area contributed by atoms with Crippen LogP contribution in [0.15, 0.2) is 6.20 Å². The summed E-state index contributed by atoms with van der Waals surface area (Å²) in [6.07, 6.45) is 2.94. The minimum absolute atomic E-state index is 0.418. The highest BCUT2D eigenvalue weighted by Gasteiger charge is 2.17.